The molecule has 5 heteroatoms. The molecule has 0 aliphatic carbocycles. The molecule has 0 spiro atoms. The summed E-state index contributed by atoms with van der Waals surface area (Å²) in [6.07, 6.45) is 2.91. The quantitative estimate of drug-likeness (QED) is 0.283. The molecular weight excluding hydrogens is 270 g/mol. The molecule has 2 aromatic rings. The lowest BCUT2D eigenvalue weighted by atomic mass is 10.2. The second-order valence-corrected chi connectivity index (χ2v) is 4.37. The van der Waals surface area contributed by atoms with E-state index in [0.717, 1.165) is 5.56 Å². The predicted octanol–water partition coefficient (Wildman–Crippen LogP) is 3.52. The summed E-state index contributed by atoms with van der Waals surface area (Å²) < 4.78 is 5.13. The van der Waals surface area contributed by atoms with Crippen LogP contribution in [-0.4, -0.2) is 10.9 Å². The van der Waals surface area contributed by atoms with Crippen molar-refractivity contribution in [2.45, 2.75) is 6.92 Å². The maximum absolute atomic E-state index is 11.7. The average molecular weight is 283 g/mol. The van der Waals surface area contributed by atoms with Gasteiger partial charge >= 0.3 is 5.97 Å². The predicted molar refractivity (Wildman–Crippen MR) is 78.9 cm³/mol. The Balaban J connectivity index is 2.11. The van der Waals surface area contributed by atoms with Crippen molar-refractivity contribution in [1.82, 2.24) is 0 Å². The third-order valence-electron chi connectivity index (χ3n) is 2.80. The molecule has 5 nitrogen and oxygen atoms in total. The van der Waals surface area contributed by atoms with Crippen molar-refractivity contribution in [2.75, 3.05) is 0 Å². The standard InChI is InChI=1S/C16H13NO4/c1-12-7-9-14(17(19)20)11-15(12)21-16(18)10-8-13-5-3-2-4-6-13/h2-11H,1H3/b10-8+. The van der Waals surface area contributed by atoms with E-state index in [-0.39, 0.29) is 11.4 Å². The maximum atomic E-state index is 11.7. The van der Waals surface area contributed by atoms with E-state index in [1.54, 1.807) is 19.1 Å². The first-order chi connectivity index (χ1) is 10.1. The molecule has 0 radical (unpaired) electrons. The first-order valence-electron chi connectivity index (χ1n) is 6.26. The van der Waals surface area contributed by atoms with Crippen molar-refractivity contribution >= 4 is 17.7 Å². The molecule has 0 aromatic heterocycles. The van der Waals surface area contributed by atoms with Gasteiger partial charge < -0.3 is 4.74 Å². The van der Waals surface area contributed by atoms with Crippen LogP contribution in [0.4, 0.5) is 5.69 Å². The zero-order valence-electron chi connectivity index (χ0n) is 11.4. The van der Waals surface area contributed by atoms with Gasteiger partial charge in [-0.3, -0.25) is 10.1 Å². The van der Waals surface area contributed by atoms with Crippen LogP contribution in [0.3, 0.4) is 0 Å². The highest BCUT2D eigenvalue weighted by Crippen LogP contribution is 2.24. The Morgan fingerprint density at radius 2 is 1.90 bits per heavy atom. The van der Waals surface area contributed by atoms with Crippen LogP contribution in [0.25, 0.3) is 6.08 Å². The van der Waals surface area contributed by atoms with Gasteiger partial charge in [-0.25, -0.2) is 4.79 Å². The molecule has 0 aliphatic heterocycles. The Morgan fingerprint density at radius 3 is 2.57 bits per heavy atom. The Hall–Kier alpha value is -2.95. The van der Waals surface area contributed by atoms with Crippen LogP contribution in [0.1, 0.15) is 11.1 Å². The molecule has 0 saturated carbocycles. The van der Waals surface area contributed by atoms with Crippen LogP contribution >= 0.6 is 0 Å². The number of nitro groups is 1. The molecule has 0 heterocycles. The molecule has 0 unspecified atom stereocenters. The van der Waals surface area contributed by atoms with Crippen molar-refractivity contribution < 1.29 is 14.5 Å². The fourth-order valence-corrected chi connectivity index (χ4v) is 1.68. The minimum Gasteiger partial charge on any atom is -0.423 e. The fourth-order valence-electron chi connectivity index (χ4n) is 1.68. The molecule has 21 heavy (non-hydrogen) atoms. The number of hydrogen-bond donors (Lipinski definition) is 0. The number of rotatable bonds is 4. The SMILES string of the molecule is Cc1ccc([N+](=O)[O-])cc1OC(=O)/C=C/c1ccccc1. The number of nitro benzene ring substituents is 1. The highest BCUT2D eigenvalue weighted by molar-refractivity contribution is 5.88. The molecule has 2 aromatic carbocycles. The second kappa shape index (κ2) is 6.47. The number of non-ortho nitro benzene ring substituents is 1. The topological polar surface area (TPSA) is 69.4 Å². The van der Waals surface area contributed by atoms with Gasteiger partial charge in [0, 0.05) is 12.1 Å². The van der Waals surface area contributed by atoms with Gasteiger partial charge in [-0.05, 0) is 30.2 Å². The molecule has 0 saturated heterocycles. The van der Waals surface area contributed by atoms with E-state index < -0.39 is 10.9 Å². The van der Waals surface area contributed by atoms with Gasteiger partial charge in [0.15, 0.2) is 0 Å². The van der Waals surface area contributed by atoms with Gasteiger partial charge in [-0.1, -0.05) is 30.3 Å². The number of benzene rings is 2. The lowest BCUT2D eigenvalue weighted by molar-refractivity contribution is -0.384. The van der Waals surface area contributed by atoms with E-state index in [1.807, 2.05) is 30.3 Å². The normalized spacial score (nSPS) is 10.5. The number of hydrogen-bond acceptors (Lipinski definition) is 4. The highest BCUT2D eigenvalue weighted by atomic mass is 16.6. The Morgan fingerprint density at radius 1 is 1.19 bits per heavy atom. The molecular formula is C16H13NO4. The molecule has 0 amide bonds. The average Bonchev–Trinajstić information content (AvgIpc) is 2.48. The van der Waals surface area contributed by atoms with Crippen LogP contribution < -0.4 is 4.74 Å². The molecule has 106 valence electrons. The number of aryl methyl sites for hydroxylation is 1. The van der Waals surface area contributed by atoms with Crippen molar-refractivity contribution in [1.29, 1.82) is 0 Å². The number of carbonyl (C=O) groups is 1. The van der Waals surface area contributed by atoms with Gasteiger partial charge in [-0.15, -0.1) is 0 Å². The summed E-state index contributed by atoms with van der Waals surface area (Å²) in [5.74, 6) is -0.394. The van der Waals surface area contributed by atoms with E-state index in [4.69, 9.17) is 4.74 Å². The Bertz CT molecular complexity index is 693. The van der Waals surface area contributed by atoms with Gasteiger partial charge in [0.05, 0.1) is 11.0 Å². The van der Waals surface area contributed by atoms with Crippen molar-refractivity contribution in [2.24, 2.45) is 0 Å². The molecule has 0 aliphatic rings. The van der Waals surface area contributed by atoms with Gasteiger partial charge in [0.25, 0.3) is 5.69 Å². The minimum absolute atomic E-state index is 0.115. The van der Waals surface area contributed by atoms with Crippen molar-refractivity contribution in [3.63, 3.8) is 0 Å². The summed E-state index contributed by atoms with van der Waals surface area (Å²) in [4.78, 5) is 21.9. The number of carbonyl (C=O) groups excluding carboxylic acids is 1. The fraction of sp³-hybridized carbons (Fsp3) is 0.0625. The summed E-state index contributed by atoms with van der Waals surface area (Å²) in [5, 5.41) is 10.7. The maximum Gasteiger partial charge on any atom is 0.336 e. The number of nitrogens with zero attached hydrogens (tertiary/aromatic N) is 1. The third kappa shape index (κ3) is 4.01. The van der Waals surface area contributed by atoms with Crippen LogP contribution in [-0.2, 0) is 4.79 Å². The number of esters is 1. The largest absolute Gasteiger partial charge is 0.423 e. The summed E-state index contributed by atoms with van der Waals surface area (Å²) in [6, 6.07) is 13.4. The van der Waals surface area contributed by atoms with Crippen LogP contribution in [0, 0.1) is 17.0 Å². The van der Waals surface area contributed by atoms with Crippen molar-refractivity contribution in [3.05, 3.63) is 75.8 Å². The summed E-state index contributed by atoms with van der Waals surface area (Å²) in [6.45, 7) is 1.72. The summed E-state index contributed by atoms with van der Waals surface area (Å²) in [7, 11) is 0. The minimum atomic E-state index is -0.581. The molecule has 0 bridgehead atoms. The number of ether oxygens (including phenoxy) is 1. The van der Waals surface area contributed by atoms with Gasteiger partial charge in [-0.2, -0.15) is 0 Å². The first kappa shape index (κ1) is 14.5. The zero-order valence-corrected chi connectivity index (χ0v) is 11.4. The molecule has 2 rings (SSSR count). The summed E-state index contributed by atoms with van der Waals surface area (Å²) >= 11 is 0. The highest BCUT2D eigenvalue weighted by Gasteiger charge is 2.11. The van der Waals surface area contributed by atoms with E-state index in [1.165, 1.54) is 18.2 Å². The molecule has 0 atom stereocenters. The lowest BCUT2D eigenvalue weighted by Gasteiger charge is -2.04. The molecule has 0 fully saturated rings. The summed E-state index contributed by atoms with van der Waals surface area (Å²) in [5.41, 5.74) is 1.41. The van der Waals surface area contributed by atoms with E-state index in [0.29, 0.717) is 5.56 Å². The third-order valence-corrected chi connectivity index (χ3v) is 2.80. The van der Waals surface area contributed by atoms with E-state index >= 15 is 0 Å². The van der Waals surface area contributed by atoms with Gasteiger partial charge in [0.1, 0.15) is 5.75 Å². The van der Waals surface area contributed by atoms with E-state index in [2.05, 4.69) is 0 Å². The van der Waals surface area contributed by atoms with Crippen LogP contribution in [0.5, 0.6) is 5.75 Å². The first-order valence-corrected chi connectivity index (χ1v) is 6.26. The van der Waals surface area contributed by atoms with Crippen molar-refractivity contribution in [3.8, 4) is 5.75 Å². The Labute approximate surface area is 121 Å². The smallest absolute Gasteiger partial charge is 0.336 e. The lowest BCUT2D eigenvalue weighted by Crippen LogP contribution is -2.05. The van der Waals surface area contributed by atoms with Crippen LogP contribution in [0.2, 0.25) is 0 Å². The second-order valence-electron chi connectivity index (χ2n) is 4.37. The Kier molecular flexibility index (Phi) is 4.46. The molecule has 0 N–H and O–H groups in total. The zero-order chi connectivity index (χ0) is 15.2. The van der Waals surface area contributed by atoms with E-state index in [9.17, 15) is 14.9 Å². The van der Waals surface area contributed by atoms with Gasteiger partial charge in [0.2, 0.25) is 0 Å². The van der Waals surface area contributed by atoms with Crippen LogP contribution in [0.15, 0.2) is 54.6 Å². The monoisotopic (exact) mass is 283 g/mol.